The second-order valence-electron chi connectivity index (χ2n) is 5.95. The molecule has 146 valence electrons. The van der Waals surface area contributed by atoms with Crippen molar-refractivity contribution in [1.82, 2.24) is 10.3 Å². The number of hydrogen-bond acceptors (Lipinski definition) is 5. The molecule has 5 nitrogen and oxygen atoms in total. The largest absolute Gasteiger partial charge is 0.394 e. The van der Waals surface area contributed by atoms with E-state index in [0.717, 1.165) is 10.4 Å². The third-order valence-corrected chi connectivity index (χ3v) is 5.20. The summed E-state index contributed by atoms with van der Waals surface area (Å²) in [6, 6.07) is 10.1. The summed E-state index contributed by atoms with van der Waals surface area (Å²) < 4.78 is 32.7. The van der Waals surface area contributed by atoms with E-state index in [1.54, 1.807) is 18.3 Å². The molecule has 1 unspecified atom stereocenters. The number of nitrogens with zero attached hydrogens (tertiary/aromatic N) is 1. The van der Waals surface area contributed by atoms with Gasteiger partial charge in [0.25, 0.3) is 5.91 Å². The molecule has 0 fully saturated rings. The van der Waals surface area contributed by atoms with Crippen LogP contribution in [0, 0.1) is 11.6 Å². The van der Waals surface area contributed by atoms with Crippen LogP contribution in [0.25, 0.3) is 21.0 Å². The Labute approximate surface area is 164 Å². The lowest BCUT2D eigenvalue weighted by atomic mass is 10.1. The average Bonchev–Trinajstić information content (AvgIpc) is 3.18. The second-order valence-corrected chi connectivity index (χ2v) is 6.98. The number of amides is 1. The number of halogens is 2. The van der Waals surface area contributed by atoms with E-state index in [9.17, 15) is 13.6 Å². The quantitative estimate of drug-likeness (QED) is 0.632. The van der Waals surface area contributed by atoms with Crippen molar-refractivity contribution in [2.45, 2.75) is 6.10 Å². The van der Waals surface area contributed by atoms with Gasteiger partial charge in [-0.1, -0.05) is 18.2 Å². The van der Waals surface area contributed by atoms with Crippen LogP contribution in [-0.2, 0) is 4.74 Å². The molecule has 0 radical (unpaired) electrons. The van der Waals surface area contributed by atoms with Gasteiger partial charge in [-0.05, 0) is 29.8 Å². The first kappa shape index (κ1) is 20.1. The number of aliphatic hydroxyl groups is 1. The SMILES string of the molecule is COC(CO)CNC(=O)c1cccc(F)c1-c1ncc(-c2ccc(F)cc2)s1. The highest BCUT2D eigenvalue weighted by Gasteiger charge is 2.20. The number of rotatable bonds is 7. The Morgan fingerprint density at radius 1 is 1.25 bits per heavy atom. The smallest absolute Gasteiger partial charge is 0.252 e. The number of thiazole rings is 1. The summed E-state index contributed by atoms with van der Waals surface area (Å²) in [4.78, 5) is 17.5. The molecule has 28 heavy (non-hydrogen) atoms. The molecule has 1 atom stereocenters. The molecule has 0 saturated carbocycles. The average molecular weight is 404 g/mol. The van der Waals surface area contributed by atoms with Crippen LogP contribution in [-0.4, -0.2) is 42.4 Å². The highest BCUT2D eigenvalue weighted by atomic mass is 32.1. The maximum Gasteiger partial charge on any atom is 0.252 e. The van der Waals surface area contributed by atoms with Gasteiger partial charge in [0.05, 0.1) is 28.7 Å². The van der Waals surface area contributed by atoms with Gasteiger partial charge in [-0.2, -0.15) is 0 Å². The molecule has 0 aliphatic rings. The van der Waals surface area contributed by atoms with Gasteiger partial charge in [-0.3, -0.25) is 4.79 Å². The van der Waals surface area contributed by atoms with E-state index in [1.807, 2.05) is 0 Å². The molecular weight excluding hydrogens is 386 g/mol. The van der Waals surface area contributed by atoms with Crippen LogP contribution in [0.4, 0.5) is 8.78 Å². The summed E-state index contributed by atoms with van der Waals surface area (Å²) in [5.74, 6) is -1.42. The number of hydrogen-bond donors (Lipinski definition) is 2. The van der Waals surface area contributed by atoms with Crippen molar-refractivity contribution in [3.63, 3.8) is 0 Å². The van der Waals surface area contributed by atoms with E-state index in [0.29, 0.717) is 5.01 Å². The zero-order chi connectivity index (χ0) is 20.1. The van der Waals surface area contributed by atoms with Crippen LogP contribution < -0.4 is 5.32 Å². The fourth-order valence-electron chi connectivity index (χ4n) is 2.59. The second kappa shape index (κ2) is 9.01. The number of aliphatic hydroxyl groups excluding tert-OH is 1. The van der Waals surface area contributed by atoms with Crippen LogP contribution in [0.5, 0.6) is 0 Å². The first-order chi connectivity index (χ1) is 13.5. The lowest BCUT2D eigenvalue weighted by molar-refractivity contribution is 0.0474. The number of aromatic nitrogens is 1. The summed E-state index contributed by atoms with van der Waals surface area (Å²) >= 11 is 1.21. The van der Waals surface area contributed by atoms with E-state index in [2.05, 4.69) is 10.3 Å². The maximum atomic E-state index is 14.6. The Morgan fingerprint density at radius 3 is 2.68 bits per heavy atom. The fourth-order valence-corrected chi connectivity index (χ4v) is 3.57. The number of nitrogens with one attached hydrogen (secondary N) is 1. The van der Waals surface area contributed by atoms with Crippen LogP contribution in [0.15, 0.2) is 48.7 Å². The molecular formula is C20H18F2N2O3S. The van der Waals surface area contributed by atoms with Crippen molar-refractivity contribution in [3.05, 3.63) is 65.9 Å². The molecule has 3 rings (SSSR count). The summed E-state index contributed by atoms with van der Waals surface area (Å²) in [7, 11) is 1.42. The number of methoxy groups -OCH3 is 1. The van der Waals surface area contributed by atoms with Crippen LogP contribution in [0.1, 0.15) is 10.4 Å². The minimum Gasteiger partial charge on any atom is -0.394 e. The van der Waals surface area contributed by atoms with E-state index in [1.165, 1.54) is 48.8 Å². The lowest BCUT2D eigenvalue weighted by Crippen LogP contribution is -2.35. The van der Waals surface area contributed by atoms with E-state index >= 15 is 0 Å². The van der Waals surface area contributed by atoms with Crippen molar-refractivity contribution >= 4 is 17.2 Å². The van der Waals surface area contributed by atoms with E-state index < -0.39 is 17.8 Å². The molecule has 2 N–H and O–H groups in total. The Bertz CT molecular complexity index is 956. The minimum atomic E-state index is -0.571. The predicted molar refractivity (Wildman–Crippen MR) is 103 cm³/mol. The summed E-state index contributed by atoms with van der Waals surface area (Å²) in [6.07, 6.45) is 1.01. The molecule has 1 heterocycles. The molecule has 0 aliphatic carbocycles. The van der Waals surface area contributed by atoms with Gasteiger partial charge in [0, 0.05) is 19.9 Å². The summed E-state index contributed by atoms with van der Waals surface area (Å²) in [6.45, 7) is -0.166. The van der Waals surface area contributed by atoms with Gasteiger partial charge in [0.1, 0.15) is 16.6 Å². The number of ether oxygens (including phenoxy) is 1. The highest BCUT2D eigenvalue weighted by Crippen LogP contribution is 2.35. The molecule has 0 bridgehead atoms. The van der Waals surface area contributed by atoms with E-state index in [-0.39, 0.29) is 30.1 Å². The molecule has 0 spiro atoms. The topological polar surface area (TPSA) is 71.5 Å². The summed E-state index contributed by atoms with van der Waals surface area (Å²) in [5, 5.41) is 12.1. The zero-order valence-corrected chi connectivity index (χ0v) is 15.8. The molecule has 0 aliphatic heterocycles. The number of carbonyl (C=O) groups is 1. The van der Waals surface area contributed by atoms with Gasteiger partial charge < -0.3 is 15.2 Å². The number of carbonyl (C=O) groups excluding carboxylic acids is 1. The van der Waals surface area contributed by atoms with Gasteiger partial charge >= 0.3 is 0 Å². The van der Waals surface area contributed by atoms with Crippen molar-refractivity contribution in [2.24, 2.45) is 0 Å². The Kier molecular flexibility index (Phi) is 6.45. The first-order valence-corrected chi connectivity index (χ1v) is 9.27. The van der Waals surface area contributed by atoms with Crippen LogP contribution in [0.3, 0.4) is 0 Å². The molecule has 2 aromatic carbocycles. The standard InChI is InChI=1S/C20H18F2N2O3S/c1-27-14(11-25)9-23-19(26)15-3-2-4-16(22)18(15)20-24-10-17(28-20)12-5-7-13(21)8-6-12/h2-8,10,14,25H,9,11H2,1H3,(H,23,26). The Hall–Kier alpha value is -2.68. The fraction of sp³-hybridized carbons (Fsp3) is 0.200. The molecule has 0 saturated heterocycles. The van der Waals surface area contributed by atoms with Gasteiger partial charge in [-0.15, -0.1) is 11.3 Å². The lowest BCUT2D eigenvalue weighted by Gasteiger charge is -2.14. The molecule has 1 aromatic heterocycles. The highest BCUT2D eigenvalue weighted by molar-refractivity contribution is 7.18. The Balaban J connectivity index is 1.90. The molecule has 1 amide bonds. The third kappa shape index (κ3) is 4.41. The third-order valence-electron chi connectivity index (χ3n) is 4.13. The van der Waals surface area contributed by atoms with Crippen molar-refractivity contribution in [3.8, 4) is 21.0 Å². The maximum absolute atomic E-state index is 14.6. The van der Waals surface area contributed by atoms with Gasteiger partial charge in [0.2, 0.25) is 0 Å². The van der Waals surface area contributed by atoms with Crippen LogP contribution >= 0.6 is 11.3 Å². The molecule has 8 heteroatoms. The predicted octanol–water partition coefficient (Wildman–Crippen LogP) is 3.49. The summed E-state index contributed by atoms with van der Waals surface area (Å²) in [5.41, 5.74) is 0.975. The van der Waals surface area contributed by atoms with Gasteiger partial charge in [0.15, 0.2) is 0 Å². The van der Waals surface area contributed by atoms with Crippen molar-refractivity contribution in [2.75, 3.05) is 20.3 Å². The van der Waals surface area contributed by atoms with Crippen molar-refractivity contribution in [1.29, 1.82) is 0 Å². The minimum absolute atomic E-state index is 0.0838. The Morgan fingerprint density at radius 2 is 2.00 bits per heavy atom. The number of benzene rings is 2. The zero-order valence-electron chi connectivity index (χ0n) is 15.0. The van der Waals surface area contributed by atoms with Crippen LogP contribution in [0.2, 0.25) is 0 Å². The molecule has 3 aromatic rings. The first-order valence-electron chi connectivity index (χ1n) is 8.46. The van der Waals surface area contributed by atoms with E-state index in [4.69, 9.17) is 9.84 Å². The van der Waals surface area contributed by atoms with Gasteiger partial charge in [-0.25, -0.2) is 13.8 Å². The normalized spacial score (nSPS) is 12.0. The van der Waals surface area contributed by atoms with Crippen molar-refractivity contribution < 1.29 is 23.4 Å². The monoisotopic (exact) mass is 404 g/mol.